The van der Waals surface area contributed by atoms with Gasteiger partial charge in [0.25, 0.3) is 0 Å². The Bertz CT molecular complexity index is 950. The Morgan fingerprint density at radius 3 is 2.30 bits per heavy atom. The lowest BCUT2D eigenvalue weighted by Crippen LogP contribution is -2.27. The molecular formula is C19H18FNO5S. The molecule has 0 unspecified atom stereocenters. The van der Waals surface area contributed by atoms with E-state index in [1.807, 2.05) is 0 Å². The van der Waals surface area contributed by atoms with Crippen molar-refractivity contribution in [1.82, 2.24) is 4.31 Å². The van der Waals surface area contributed by atoms with Gasteiger partial charge in [-0.15, -0.1) is 0 Å². The van der Waals surface area contributed by atoms with Gasteiger partial charge in [0, 0.05) is 18.7 Å². The molecule has 0 radical (unpaired) electrons. The van der Waals surface area contributed by atoms with Crippen LogP contribution in [-0.2, 0) is 14.8 Å². The van der Waals surface area contributed by atoms with E-state index in [-0.39, 0.29) is 16.0 Å². The molecule has 6 nitrogen and oxygen atoms in total. The first-order valence-electron chi connectivity index (χ1n) is 8.44. The summed E-state index contributed by atoms with van der Waals surface area (Å²) in [7, 11) is -3.56. The van der Waals surface area contributed by atoms with Crippen LogP contribution in [0.15, 0.2) is 53.4 Å². The number of nitrogens with zero attached hydrogens (tertiary/aromatic N) is 1. The molecule has 0 aromatic heterocycles. The summed E-state index contributed by atoms with van der Waals surface area (Å²) < 4.78 is 44.4. The SMILES string of the molecule is O=C(COC(=O)c1ccc(S(=O)(=O)N2CCCC2)cc1)c1cccc(F)c1. The van der Waals surface area contributed by atoms with E-state index in [1.54, 1.807) is 0 Å². The maximum atomic E-state index is 13.1. The van der Waals surface area contributed by atoms with Crippen molar-refractivity contribution in [3.8, 4) is 0 Å². The lowest BCUT2D eigenvalue weighted by Gasteiger charge is -2.15. The third kappa shape index (κ3) is 4.40. The first-order valence-corrected chi connectivity index (χ1v) is 9.88. The van der Waals surface area contributed by atoms with E-state index in [2.05, 4.69) is 0 Å². The minimum Gasteiger partial charge on any atom is -0.454 e. The van der Waals surface area contributed by atoms with Crippen molar-refractivity contribution < 1.29 is 27.1 Å². The average Bonchev–Trinajstić information content (AvgIpc) is 3.21. The molecule has 0 bridgehead atoms. The Balaban J connectivity index is 1.63. The molecule has 142 valence electrons. The Labute approximate surface area is 156 Å². The molecule has 0 N–H and O–H groups in total. The van der Waals surface area contributed by atoms with Crippen molar-refractivity contribution in [2.45, 2.75) is 17.7 Å². The number of benzene rings is 2. The van der Waals surface area contributed by atoms with Crippen molar-refractivity contribution in [3.05, 3.63) is 65.5 Å². The Morgan fingerprint density at radius 2 is 1.67 bits per heavy atom. The Morgan fingerprint density at radius 1 is 1.00 bits per heavy atom. The van der Waals surface area contributed by atoms with Crippen LogP contribution in [0.3, 0.4) is 0 Å². The van der Waals surface area contributed by atoms with Crippen LogP contribution >= 0.6 is 0 Å². The quantitative estimate of drug-likeness (QED) is 0.559. The van der Waals surface area contributed by atoms with Gasteiger partial charge in [0.15, 0.2) is 12.4 Å². The third-order valence-electron chi connectivity index (χ3n) is 4.27. The second-order valence-electron chi connectivity index (χ2n) is 6.15. The van der Waals surface area contributed by atoms with Crippen molar-refractivity contribution in [3.63, 3.8) is 0 Å². The number of esters is 1. The fourth-order valence-corrected chi connectivity index (χ4v) is 4.32. The molecule has 27 heavy (non-hydrogen) atoms. The molecule has 3 rings (SSSR count). The van der Waals surface area contributed by atoms with Gasteiger partial charge in [0.1, 0.15) is 5.82 Å². The van der Waals surface area contributed by atoms with E-state index < -0.39 is 34.2 Å². The first kappa shape index (κ1) is 19.2. The zero-order chi connectivity index (χ0) is 19.4. The van der Waals surface area contributed by atoms with Crippen molar-refractivity contribution >= 4 is 21.8 Å². The van der Waals surface area contributed by atoms with Crippen LogP contribution in [0, 0.1) is 5.82 Å². The molecule has 2 aromatic rings. The fourth-order valence-electron chi connectivity index (χ4n) is 2.80. The predicted molar refractivity (Wildman–Crippen MR) is 95.4 cm³/mol. The molecule has 0 aliphatic carbocycles. The van der Waals surface area contributed by atoms with Crippen molar-refractivity contribution in [2.75, 3.05) is 19.7 Å². The summed E-state index contributed by atoms with van der Waals surface area (Å²) in [6.45, 7) is 0.457. The maximum Gasteiger partial charge on any atom is 0.338 e. The number of ketones is 1. The Kier molecular flexibility index (Phi) is 5.67. The summed E-state index contributed by atoms with van der Waals surface area (Å²) in [4.78, 5) is 24.1. The number of rotatable bonds is 6. The van der Waals surface area contributed by atoms with Crippen molar-refractivity contribution in [2.24, 2.45) is 0 Å². The highest BCUT2D eigenvalue weighted by Gasteiger charge is 2.27. The van der Waals surface area contributed by atoms with Gasteiger partial charge >= 0.3 is 5.97 Å². The summed E-state index contributed by atoms with van der Waals surface area (Å²) in [6.07, 6.45) is 1.67. The second kappa shape index (κ2) is 7.98. The van der Waals surface area contributed by atoms with Crippen LogP contribution < -0.4 is 0 Å². The van der Waals surface area contributed by atoms with Gasteiger partial charge in [-0.2, -0.15) is 4.31 Å². The maximum absolute atomic E-state index is 13.1. The van der Waals surface area contributed by atoms with Gasteiger partial charge in [-0.1, -0.05) is 12.1 Å². The summed E-state index contributed by atoms with van der Waals surface area (Å²) in [5.74, 6) is -1.84. The highest BCUT2D eigenvalue weighted by Crippen LogP contribution is 2.21. The van der Waals surface area contributed by atoms with E-state index in [0.29, 0.717) is 13.1 Å². The third-order valence-corrected chi connectivity index (χ3v) is 6.19. The summed E-state index contributed by atoms with van der Waals surface area (Å²) in [5, 5.41) is 0. The summed E-state index contributed by atoms with van der Waals surface area (Å²) in [5.41, 5.74) is 0.234. The molecule has 0 spiro atoms. The average molecular weight is 391 g/mol. The highest BCUT2D eigenvalue weighted by molar-refractivity contribution is 7.89. The first-order chi connectivity index (χ1) is 12.9. The van der Waals surface area contributed by atoms with Gasteiger partial charge in [-0.25, -0.2) is 17.6 Å². The van der Waals surface area contributed by atoms with Crippen LogP contribution in [0.1, 0.15) is 33.6 Å². The zero-order valence-corrected chi connectivity index (χ0v) is 15.2. The number of ether oxygens (including phenoxy) is 1. The van der Waals surface area contributed by atoms with Crippen LogP contribution in [0.4, 0.5) is 4.39 Å². The lowest BCUT2D eigenvalue weighted by atomic mass is 10.1. The number of carbonyl (C=O) groups excluding carboxylic acids is 2. The highest BCUT2D eigenvalue weighted by atomic mass is 32.2. The molecule has 0 saturated carbocycles. The van der Waals surface area contributed by atoms with E-state index in [4.69, 9.17) is 4.74 Å². The van der Waals surface area contributed by atoms with E-state index in [9.17, 15) is 22.4 Å². The fraction of sp³-hybridized carbons (Fsp3) is 0.263. The van der Waals surface area contributed by atoms with Crippen LogP contribution in [0.25, 0.3) is 0 Å². The zero-order valence-electron chi connectivity index (χ0n) is 14.4. The lowest BCUT2D eigenvalue weighted by molar-refractivity contribution is 0.0474. The van der Waals surface area contributed by atoms with Crippen LogP contribution in [0.5, 0.6) is 0 Å². The molecule has 2 aromatic carbocycles. The van der Waals surface area contributed by atoms with E-state index >= 15 is 0 Å². The molecular weight excluding hydrogens is 373 g/mol. The molecule has 1 heterocycles. The van der Waals surface area contributed by atoms with Gasteiger partial charge in [0.2, 0.25) is 10.0 Å². The van der Waals surface area contributed by atoms with Gasteiger partial charge in [-0.05, 0) is 49.2 Å². The molecule has 1 aliphatic heterocycles. The van der Waals surface area contributed by atoms with Crippen LogP contribution in [0.2, 0.25) is 0 Å². The molecule has 0 amide bonds. The Hall–Kier alpha value is -2.58. The number of halogens is 1. The molecule has 1 saturated heterocycles. The summed E-state index contributed by atoms with van der Waals surface area (Å²) >= 11 is 0. The minimum absolute atomic E-state index is 0.106. The molecule has 1 fully saturated rings. The minimum atomic E-state index is -3.56. The smallest absolute Gasteiger partial charge is 0.338 e. The molecule has 8 heteroatoms. The van der Waals surface area contributed by atoms with E-state index in [1.165, 1.54) is 46.8 Å². The number of hydrogen-bond donors (Lipinski definition) is 0. The van der Waals surface area contributed by atoms with E-state index in [0.717, 1.165) is 18.9 Å². The predicted octanol–water partition coefficient (Wildman–Crippen LogP) is 2.65. The number of carbonyl (C=O) groups is 2. The van der Waals surface area contributed by atoms with Gasteiger partial charge in [-0.3, -0.25) is 4.79 Å². The van der Waals surface area contributed by atoms with Crippen LogP contribution in [-0.4, -0.2) is 44.2 Å². The van der Waals surface area contributed by atoms with Gasteiger partial charge in [0.05, 0.1) is 10.5 Å². The second-order valence-corrected chi connectivity index (χ2v) is 8.08. The number of sulfonamides is 1. The largest absolute Gasteiger partial charge is 0.454 e. The summed E-state index contributed by atoms with van der Waals surface area (Å²) in [6, 6.07) is 10.5. The number of hydrogen-bond acceptors (Lipinski definition) is 5. The number of Topliss-reactive ketones (excluding diaryl/α,β-unsaturated/α-hetero) is 1. The standard InChI is InChI=1S/C19H18FNO5S/c20-16-5-3-4-15(12-16)18(22)13-26-19(23)14-6-8-17(9-7-14)27(24,25)21-10-1-2-11-21/h3-9,12H,1-2,10-11,13H2. The van der Waals surface area contributed by atoms with Gasteiger partial charge < -0.3 is 4.74 Å². The normalized spacial score (nSPS) is 14.9. The molecule has 0 atom stereocenters. The molecule has 1 aliphatic rings. The topological polar surface area (TPSA) is 80.8 Å². The monoisotopic (exact) mass is 391 g/mol. The van der Waals surface area contributed by atoms with Crippen molar-refractivity contribution in [1.29, 1.82) is 0 Å².